The first-order chi connectivity index (χ1) is 10.1. The van der Waals surface area contributed by atoms with Crippen LogP contribution in [0.5, 0.6) is 0 Å². The van der Waals surface area contributed by atoms with Gasteiger partial charge in [-0.25, -0.2) is 14.3 Å². The predicted octanol–water partition coefficient (Wildman–Crippen LogP) is 1.30. The van der Waals surface area contributed by atoms with Crippen molar-refractivity contribution in [2.75, 3.05) is 13.2 Å². The van der Waals surface area contributed by atoms with Crippen LogP contribution in [0.25, 0.3) is 5.69 Å². The second-order valence-electron chi connectivity index (χ2n) is 4.27. The summed E-state index contributed by atoms with van der Waals surface area (Å²) in [5.74, 6) is -1.32. The van der Waals surface area contributed by atoms with Gasteiger partial charge in [-0.05, 0) is 26.0 Å². The molecule has 110 valence electrons. The lowest BCUT2D eigenvalue weighted by Crippen LogP contribution is -2.16. The molecule has 1 heterocycles. The normalized spacial score (nSPS) is 10.2. The van der Waals surface area contributed by atoms with Crippen LogP contribution in [-0.4, -0.2) is 40.1 Å². The van der Waals surface area contributed by atoms with Gasteiger partial charge in [-0.2, -0.15) is 0 Å². The molecule has 7 nitrogen and oxygen atoms in total. The summed E-state index contributed by atoms with van der Waals surface area (Å²) in [5.41, 5.74) is 1.92. The summed E-state index contributed by atoms with van der Waals surface area (Å²) < 4.78 is 10.9. The van der Waals surface area contributed by atoms with Crippen molar-refractivity contribution >= 4 is 11.9 Å². The Kier molecular flexibility index (Phi) is 4.65. The van der Waals surface area contributed by atoms with E-state index in [4.69, 9.17) is 4.74 Å². The number of carbonyl (C=O) groups excluding carboxylic acids is 2. The molecule has 0 spiro atoms. The van der Waals surface area contributed by atoms with E-state index in [0.29, 0.717) is 0 Å². The molecule has 0 radical (unpaired) electrons. The van der Waals surface area contributed by atoms with Gasteiger partial charge in [-0.15, -0.1) is 5.10 Å². The van der Waals surface area contributed by atoms with Crippen molar-refractivity contribution in [3.05, 3.63) is 41.7 Å². The van der Waals surface area contributed by atoms with Crippen LogP contribution in [0.1, 0.15) is 23.0 Å². The van der Waals surface area contributed by atoms with Gasteiger partial charge < -0.3 is 9.47 Å². The minimum Gasteiger partial charge on any atom is -0.463 e. The van der Waals surface area contributed by atoms with Gasteiger partial charge >= 0.3 is 11.9 Å². The monoisotopic (exact) mass is 289 g/mol. The summed E-state index contributed by atoms with van der Waals surface area (Å²) in [4.78, 5) is 22.8. The molecule has 2 rings (SSSR count). The third-order valence-electron chi connectivity index (χ3n) is 2.63. The molecule has 0 aliphatic carbocycles. The van der Waals surface area contributed by atoms with Crippen LogP contribution in [0.4, 0.5) is 0 Å². The smallest absolute Gasteiger partial charge is 0.361 e. The fraction of sp³-hybridized carbons (Fsp3) is 0.286. The van der Waals surface area contributed by atoms with Crippen molar-refractivity contribution in [3.63, 3.8) is 0 Å². The molecule has 1 aromatic carbocycles. The summed E-state index contributed by atoms with van der Waals surface area (Å²) in [6.45, 7) is 3.44. The number of rotatable bonds is 5. The summed E-state index contributed by atoms with van der Waals surface area (Å²) in [5, 5.41) is 7.58. The minimum atomic E-state index is -0.721. The maximum atomic E-state index is 11.7. The van der Waals surface area contributed by atoms with E-state index >= 15 is 0 Å². The lowest BCUT2D eigenvalue weighted by Gasteiger charge is -2.02. The molecule has 7 heteroatoms. The second-order valence-corrected chi connectivity index (χ2v) is 4.27. The van der Waals surface area contributed by atoms with Gasteiger partial charge in [0.1, 0.15) is 0 Å². The Morgan fingerprint density at radius 1 is 1.19 bits per heavy atom. The third-order valence-corrected chi connectivity index (χ3v) is 2.63. The van der Waals surface area contributed by atoms with Gasteiger partial charge in [0.2, 0.25) is 0 Å². The standard InChI is InChI=1S/C14H15N3O4/c1-3-20-13(18)9-21-14(19)12-8-17(16-15-12)11-6-4-10(2)5-7-11/h4-8H,3,9H2,1-2H3. The van der Waals surface area contributed by atoms with E-state index in [0.717, 1.165) is 11.3 Å². The predicted molar refractivity (Wildman–Crippen MR) is 73.0 cm³/mol. The van der Waals surface area contributed by atoms with E-state index in [1.807, 2.05) is 31.2 Å². The number of hydrogen-bond acceptors (Lipinski definition) is 6. The quantitative estimate of drug-likeness (QED) is 0.771. The minimum absolute atomic E-state index is 0.0277. The summed E-state index contributed by atoms with van der Waals surface area (Å²) >= 11 is 0. The molecule has 0 fully saturated rings. The first-order valence-corrected chi connectivity index (χ1v) is 6.42. The molecule has 0 aliphatic heterocycles. The first-order valence-electron chi connectivity index (χ1n) is 6.42. The average molecular weight is 289 g/mol. The lowest BCUT2D eigenvalue weighted by atomic mass is 10.2. The zero-order valence-corrected chi connectivity index (χ0v) is 11.8. The van der Waals surface area contributed by atoms with E-state index < -0.39 is 18.5 Å². The summed E-state index contributed by atoms with van der Waals surface area (Å²) in [6.07, 6.45) is 1.44. The van der Waals surface area contributed by atoms with Crippen molar-refractivity contribution in [2.45, 2.75) is 13.8 Å². The first kappa shape index (κ1) is 14.7. The molecule has 2 aromatic rings. The van der Waals surface area contributed by atoms with Crippen LogP contribution >= 0.6 is 0 Å². The second kappa shape index (κ2) is 6.65. The number of hydrogen-bond donors (Lipinski definition) is 0. The maximum absolute atomic E-state index is 11.7. The molecule has 1 aromatic heterocycles. The molecular formula is C14H15N3O4. The van der Waals surface area contributed by atoms with Gasteiger partial charge in [0.15, 0.2) is 12.3 Å². The highest BCUT2D eigenvalue weighted by atomic mass is 16.6. The van der Waals surface area contributed by atoms with Gasteiger partial charge in [0, 0.05) is 0 Å². The number of benzene rings is 1. The van der Waals surface area contributed by atoms with Crippen LogP contribution in [0.3, 0.4) is 0 Å². The van der Waals surface area contributed by atoms with Gasteiger partial charge in [0.25, 0.3) is 0 Å². The van der Waals surface area contributed by atoms with Crippen LogP contribution in [-0.2, 0) is 14.3 Å². The molecule has 0 bridgehead atoms. The highest BCUT2D eigenvalue weighted by Gasteiger charge is 2.15. The van der Waals surface area contributed by atoms with E-state index in [-0.39, 0.29) is 12.3 Å². The molecule has 0 atom stereocenters. The number of carbonyl (C=O) groups is 2. The van der Waals surface area contributed by atoms with Gasteiger partial charge in [0.05, 0.1) is 18.5 Å². The highest BCUT2D eigenvalue weighted by Crippen LogP contribution is 2.08. The Bertz CT molecular complexity index is 634. The third kappa shape index (κ3) is 3.88. The van der Waals surface area contributed by atoms with Crippen LogP contribution in [0.2, 0.25) is 0 Å². The van der Waals surface area contributed by atoms with Crippen LogP contribution in [0, 0.1) is 6.92 Å². The topological polar surface area (TPSA) is 83.3 Å². The van der Waals surface area contributed by atoms with Crippen molar-refractivity contribution in [3.8, 4) is 5.69 Å². The number of ether oxygens (including phenoxy) is 2. The highest BCUT2D eigenvalue weighted by molar-refractivity contribution is 5.88. The van der Waals surface area contributed by atoms with Crippen molar-refractivity contribution in [1.82, 2.24) is 15.0 Å². The zero-order chi connectivity index (χ0) is 15.2. The number of aryl methyl sites for hydroxylation is 1. The summed E-state index contributed by atoms with van der Waals surface area (Å²) in [6, 6.07) is 7.57. The van der Waals surface area contributed by atoms with Crippen LogP contribution in [0.15, 0.2) is 30.5 Å². The van der Waals surface area contributed by atoms with Gasteiger partial charge in [-0.1, -0.05) is 22.9 Å². The van der Waals surface area contributed by atoms with Crippen molar-refractivity contribution in [2.24, 2.45) is 0 Å². The summed E-state index contributed by atoms with van der Waals surface area (Å²) in [7, 11) is 0. The fourth-order valence-electron chi connectivity index (χ4n) is 1.58. The molecule has 21 heavy (non-hydrogen) atoms. The maximum Gasteiger partial charge on any atom is 0.361 e. The van der Waals surface area contributed by atoms with E-state index in [1.165, 1.54) is 10.9 Å². The van der Waals surface area contributed by atoms with Crippen molar-refractivity contribution < 1.29 is 19.1 Å². The van der Waals surface area contributed by atoms with E-state index in [1.54, 1.807) is 6.92 Å². The Morgan fingerprint density at radius 3 is 2.57 bits per heavy atom. The lowest BCUT2D eigenvalue weighted by molar-refractivity contribution is -0.146. The van der Waals surface area contributed by atoms with E-state index in [9.17, 15) is 9.59 Å². The molecule has 0 saturated carbocycles. The molecular weight excluding hydrogens is 274 g/mol. The average Bonchev–Trinajstić information content (AvgIpc) is 2.96. The Labute approximate surface area is 121 Å². The number of nitrogens with zero attached hydrogens (tertiary/aromatic N) is 3. The number of aromatic nitrogens is 3. The van der Waals surface area contributed by atoms with Crippen LogP contribution < -0.4 is 0 Å². The molecule has 0 saturated heterocycles. The zero-order valence-electron chi connectivity index (χ0n) is 11.8. The largest absolute Gasteiger partial charge is 0.463 e. The molecule has 0 N–H and O–H groups in total. The van der Waals surface area contributed by atoms with Crippen molar-refractivity contribution in [1.29, 1.82) is 0 Å². The molecule has 0 aliphatic rings. The number of esters is 2. The Balaban J connectivity index is 2.00. The molecule has 0 unspecified atom stereocenters. The Morgan fingerprint density at radius 2 is 1.90 bits per heavy atom. The molecule has 0 amide bonds. The Hall–Kier alpha value is -2.70. The fourth-order valence-corrected chi connectivity index (χ4v) is 1.58. The van der Waals surface area contributed by atoms with E-state index in [2.05, 4.69) is 15.0 Å². The SMILES string of the molecule is CCOC(=O)COC(=O)c1cn(-c2ccc(C)cc2)nn1. The van der Waals surface area contributed by atoms with Gasteiger partial charge in [-0.3, -0.25) is 0 Å².